The first kappa shape index (κ1) is 16.1. The summed E-state index contributed by atoms with van der Waals surface area (Å²) in [7, 11) is 1.89. The average molecular weight is 349 g/mol. The molecule has 8 nitrogen and oxygen atoms in total. The monoisotopic (exact) mass is 349 g/mol. The number of anilines is 3. The molecule has 0 saturated heterocycles. The van der Waals surface area contributed by atoms with Gasteiger partial charge >= 0.3 is 0 Å². The molecule has 2 aromatic heterocycles. The van der Waals surface area contributed by atoms with E-state index in [9.17, 15) is 4.79 Å². The van der Waals surface area contributed by atoms with Crippen LogP contribution in [0, 0.1) is 0 Å². The Morgan fingerprint density at radius 2 is 2.04 bits per heavy atom. The molecule has 0 saturated carbocycles. The molecule has 0 unspecified atom stereocenters. The number of para-hydroxylation sites is 1. The van der Waals surface area contributed by atoms with Gasteiger partial charge in [-0.05, 0) is 12.1 Å². The van der Waals surface area contributed by atoms with Crippen LogP contribution >= 0.6 is 0 Å². The lowest BCUT2D eigenvalue weighted by atomic mass is 10.1. The number of carbonyl (C=O) groups excluding carboxylic acids is 1. The fourth-order valence-corrected chi connectivity index (χ4v) is 3.08. The lowest BCUT2D eigenvalue weighted by Crippen LogP contribution is -2.33. The molecule has 0 atom stereocenters. The summed E-state index contributed by atoms with van der Waals surface area (Å²) >= 11 is 0. The van der Waals surface area contributed by atoms with Crippen molar-refractivity contribution >= 4 is 23.5 Å². The number of nitrogens with one attached hydrogen (secondary N) is 1. The third-order valence-electron chi connectivity index (χ3n) is 4.35. The second-order valence-corrected chi connectivity index (χ2v) is 6.23. The molecule has 3 N–H and O–H groups in total. The highest BCUT2D eigenvalue weighted by Crippen LogP contribution is 2.23. The quantitative estimate of drug-likeness (QED) is 0.745. The molecule has 1 aromatic carbocycles. The van der Waals surface area contributed by atoms with E-state index in [-0.39, 0.29) is 5.91 Å². The number of carbonyl (C=O) groups is 1. The van der Waals surface area contributed by atoms with Crippen LogP contribution in [0.1, 0.15) is 21.7 Å². The van der Waals surface area contributed by atoms with Gasteiger partial charge in [0, 0.05) is 50.2 Å². The molecule has 0 aliphatic carbocycles. The van der Waals surface area contributed by atoms with Gasteiger partial charge in [0.05, 0.1) is 5.69 Å². The molecule has 4 rings (SSSR count). The first-order chi connectivity index (χ1) is 12.6. The molecule has 0 bridgehead atoms. The number of fused-ring (bicyclic) bond motifs is 1. The Labute approximate surface area is 150 Å². The van der Waals surface area contributed by atoms with Crippen LogP contribution in [0.3, 0.4) is 0 Å². The van der Waals surface area contributed by atoms with Gasteiger partial charge in [-0.2, -0.15) is 0 Å². The molecular formula is C18H19N7O. The van der Waals surface area contributed by atoms with Crippen molar-refractivity contribution in [2.24, 2.45) is 7.05 Å². The summed E-state index contributed by atoms with van der Waals surface area (Å²) in [6.07, 6.45) is 4.26. The van der Waals surface area contributed by atoms with Gasteiger partial charge in [-0.3, -0.25) is 4.79 Å². The number of amides is 1. The third kappa shape index (κ3) is 3.08. The van der Waals surface area contributed by atoms with E-state index in [2.05, 4.69) is 25.2 Å². The van der Waals surface area contributed by atoms with Crippen molar-refractivity contribution in [3.8, 4) is 0 Å². The molecule has 132 valence electrons. The standard InChI is InChI=1S/C18H19N7O/c1-24-11-15(16(26)21-13-5-3-2-4-6-13)23-18(24)25-8-7-14-12(10-25)9-20-17(19)22-14/h2-6,9,11H,7-8,10H2,1H3,(H,21,26)(H2,19,20,22). The number of aromatic nitrogens is 4. The van der Waals surface area contributed by atoms with Crippen LogP contribution in [0.25, 0.3) is 0 Å². The number of rotatable bonds is 3. The van der Waals surface area contributed by atoms with Crippen molar-refractivity contribution in [3.05, 3.63) is 59.7 Å². The van der Waals surface area contributed by atoms with Crippen molar-refractivity contribution in [2.75, 3.05) is 22.5 Å². The maximum absolute atomic E-state index is 12.5. The zero-order valence-electron chi connectivity index (χ0n) is 14.4. The van der Waals surface area contributed by atoms with Crippen molar-refractivity contribution < 1.29 is 4.79 Å². The van der Waals surface area contributed by atoms with Gasteiger partial charge in [0.1, 0.15) is 5.69 Å². The molecule has 1 amide bonds. The maximum atomic E-state index is 12.5. The Hall–Kier alpha value is -3.42. The Morgan fingerprint density at radius 1 is 1.23 bits per heavy atom. The molecule has 26 heavy (non-hydrogen) atoms. The number of nitrogens with two attached hydrogens (primary N) is 1. The minimum atomic E-state index is -0.230. The zero-order chi connectivity index (χ0) is 18.1. The van der Waals surface area contributed by atoms with E-state index in [1.54, 1.807) is 12.4 Å². The van der Waals surface area contributed by atoms with Crippen molar-refractivity contribution in [1.82, 2.24) is 19.5 Å². The number of benzene rings is 1. The molecule has 1 aliphatic heterocycles. The van der Waals surface area contributed by atoms with Crippen molar-refractivity contribution in [1.29, 1.82) is 0 Å². The molecule has 0 spiro atoms. The lowest BCUT2D eigenvalue weighted by Gasteiger charge is -2.28. The minimum absolute atomic E-state index is 0.230. The van der Waals surface area contributed by atoms with Crippen LogP contribution < -0.4 is 16.0 Å². The fourth-order valence-electron chi connectivity index (χ4n) is 3.08. The van der Waals surface area contributed by atoms with E-state index in [4.69, 9.17) is 5.73 Å². The molecule has 3 heterocycles. The molecule has 1 aliphatic rings. The molecule has 0 fully saturated rings. The first-order valence-electron chi connectivity index (χ1n) is 8.35. The van der Waals surface area contributed by atoms with E-state index in [0.717, 1.165) is 35.9 Å². The van der Waals surface area contributed by atoms with E-state index < -0.39 is 0 Å². The van der Waals surface area contributed by atoms with Gasteiger partial charge in [-0.1, -0.05) is 18.2 Å². The van der Waals surface area contributed by atoms with Crippen LogP contribution in [0.15, 0.2) is 42.7 Å². The first-order valence-corrected chi connectivity index (χ1v) is 8.35. The topological polar surface area (TPSA) is 102 Å². The summed E-state index contributed by atoms with van der Waals surface area (Å²) in [5.74, 6) is 0.811. The van der Waals surface area contributed by atoms with Crippen LogP contribution in [0.5, 0.6) is 0 Å². The largest absolute Gasteiger partial charge is 0.368 e. The summed E-state index contributed by atoms with van der Waals surface area (Å²) in [4.78, 5) is 27.5. The molecule has 8 heteroatoms. The maximum Gasteiger partial charge on any atom is 0.275 e. The van der Waals surface area contributed by atoms with Crippen LogP contribution in [-0.4, -0.2) is 32.0 Å². The number of imidazole rings is 1. The number of nitrogens with zero attached hydrogens (tertiary/aromatic N) is 5. The Balaban J connectivity index is 1.53. The van der Waals surface area contributed by atoms with Gasteiger partial charge in [0.15, 0.2) is 0 Å². The number of hydrogen-bond acceptors (Lipinski definition) is 6. The second kappa shape index (κ2) is 6.47. The molecular weight excluding hydrogens is 330 g/mol. The third-order valence-corrected chi connectivity index (χ3v) is 4.35. The lowest BCUT2D eigenvalue weighted by molar-refractivity contribution is 0.102. The van der Waals surface area contributed by atoms with Gasteiger partial charge < -0.3 is 20.5 Å². The van der Waals surface area contributed by atoms with E-state index in [0.29, 0.717) is 18.2 Å². The smallest absolute Gasteiger partial charge is 0.275 e. The fraction of sp³-hybridized carbons (Fsp3) is 0.222. The van der Waals surface area contributed by atoms with Gasteiger partial charge in [-0.25, -0.2) is 15.0 Å². The highest BCUT2D eigenvalue weighted by Gasteiger charge is 2.23. The summed E-state index contributed by atoms with van der Waals surface area (Å²) in [5, 5.41) is 2.86. The minimum Gasteiger partial charge on any atom is -0.368 e. The number of hydrogen-bond donors (Lipinski definition) is 2. The number of nitrogen functional groups attached to an aromatic ring is 1. The van der Waals surface area contributed by atoms with Crippen LogP contribution in [0.2, 0.25) is 0 Å². The summed E-state index contributed by atoms with van der Waals surface area (Å²) in [5.41, 5.74) is 8.79. The Bertz CT molecular complexity index is 951. The Kier molecular flexibility index (Phi) is 4.00. The zero-order valence-corrected chi connectivity index (χ0v) is 14.4. The predicted octanol–water partition coefficient (Wildman–Crippen LogP) is 1.61. The highest BCUT2D eigenvalue weighted by atomic mass is 16.1. The van der Waals surface area contributed by atoms with Gasteiger partial charge in [-0.15, -0.1) is 0 Å². The summed E-state index contributed by atoms with van der Waals surface area (Å²) < 4.78 is 1.86. The molecule has 0 radical (unpaired) electrons. The second-order valence-electron chi connectivity index (χ2n) is 6.23. The van der Waals surface area contributed by atoms with Gasteiger partial charge in [0.25, 0.3) is 5.91 Å². The van der Waals surface area contributed by atoms with Gasteiger partial charge in [0.2, 0.25) is 11.9 Å². The van der Waals surface area contributed by atoms with E-state index in [1.165, 1.54) is 0 Å². The SMILES string of the molecule is Cn1cc(C(=O)Nc2ccccc2)nc1N1CCc2nc(N)ncc2C1. The number of aryl methyl sites for hydroxylation is 1. The van der Waals surface area contributed by atoms with Crippen LogP contribution in [-0.2, 0) is 20.0 Å². The summed E-state index contributed by atoms with van der Waals surface area (Å²) in [6.45, 7) is 1.40. The van der Waals surface area contributed by atoms with E-state index >= 15 is 0 Å². The van der Waals surface area contributed by atoms with Crippen molar-refractivity contribution in [2.45, 2.75) is 13.0 Å². The molecule has 3 aromatic rings. The normalized spacial score (nSPS) is 13.3. The van der Waals surface area contributed by atoms with Crippen molar-refractivity contribution in [3.63, 3.8) is 0 Å². The Morgan fingerprint density at radius 3 is 2.85 bits per heavy atom. The average Bonchev–Trinajstić information content (AvgIpc) is 3.04. The van der Waals surface area contributed by atoms with E-state index in [1.807, 2.05) is 41.9 Å². The van der Waals surface area contributed by atoms with Crippen LogP contribution in [0.4, 0.5) is 17.6 Å². The summed E-state index contributed by atoms with van der Waals surface area (Å²) in [6, 6.07) is 9.34. The highest BCUT2D eigenvalue weighted by molar-refractivity contribution is 6.03. The predicted molar refractivity (Wildman–Crippen MR) is 98.8 cm³/mol.